The van der Waals surface area contributed by atoms with Gasteiger partial charge in [0.05, 0.1) is 30.3 Å². The van der Waals surface area contributed by atoms with Gasteiger partial charge in [-0.15, -0.1) is 11.3 Å². The zero-order chi connectivity index (χ0) is 22.4. The van der Waals surface area contributed by atoms with Gasteiger partial charge in [-0.05, 0) is 30.2 Å². The van der Waals surface area contributed by atoms with Crippen LogP contribution in [0.4, 0.5) is 5.69 Å². The average Bonchev–Trinajstić information content (AvgIpc) is 3.32. The minimum Gasteiger partial charge on any atom is -0.493 e. The number of likely N-dealkylation sites (tertiary alicyclic amines) is 1. The molecule has 1 N–H and O–H groups in total. The van der Waals surface area contributed by atoms with Gasteiger partial charge in [-0.3, -0.25) is 9.59 Å². The highest BCUT2D eigenvalue weighted by atomic mass is 32.1. The van der Waals surface area contributed by atoms with Crippen LogP contribution in [0.3, 0.4) is 0 Å². The van der Waals surface area contributed by atoms with E-state index in [-0.39, 0.29) is 29.7 Å². The highest BCUT2D eigenvalue weighted by molar-refractivity contribution is 7.12. The maximum absolute atomic E-state index is 12.8. The van der Waals surface area contributed by atoms with E-state index in [1.54, 1.807) is 22.4 Å². The Hall–Kier alpha value is -3.07. The number of ether oxygens (including phenoxy) is 3. The first kappa shape index (κ1) is 22.6. The zero-order valence-electron chi connectivity index (χ0n) is 17.8. The van der Waals surface area contributed by atoms with E-state index in [1.165, 1.54) is 37.7 Å². The summed E-state index contributed by atoms with van der Waals surface area (Å²) in [6, 6.07) is 6.36. The maximum atomic E-state index is 12.8. The first-order valence-corrected chi connectivity index (χ1v) is 10.9. The Morgan fingerprint density at radius 2 is 1.94 bits per heavy atom. The molecule has 0 radical (unpaired) electrons. The van der Waals surface area contributed by atoms with Gasteiger partial charge in [0.15, 0.2) is 18.1 Å². The van der Waals surface area contributed by atoms with Crippen LogP contribution in [-0.2, 0) is 9.53 Å². The molecule has 8 nitrogen and oxygen atoms in total. The van der Waals surface area contributed by atoms with Crippen molar-refractivity contribution in [2.75, 3.05) is 39.2 Å². The number of hydrogen-bond donors (Lipinski definition) is 1. The predicted octanol–water partition coefficient (Wildman–Crippen LogP) is 3.43. The molecule has 2 aromatic rings. The van der Waals surface area contributed by atoms with Crippen molar-refractivity contribution in [1.29, 1.82) is 0 Å². The topological polar surface area (TPSA) is 94.2 Å². The number of esters is 1. The molecule has 1 aromatic heterocycles. The molecule has 0 aliphatic carbocycles. The molecule has 0 saturated carbocycles. The molecule has 166 valence electrons. The van der Waals surface area contributed by atoms with Crippen LogP contribution >= 0.6 is 11.3 Å². The van der Waals surface area contributed by atoms with Crippen LogP contribution in [0, 0.1) is 5.92 Å². The third-order valence-electron chi connectivity index (χ3n) is 5.07. The minimum absolute atomic E-state index is 0.0716. The van der Waals surface area contributed by atoms with Crippen molar-refractivity contribution in [1.82, 2.24) is 4.90 Å². The van der Waals surface area contributed by atoms with Gasteiger partial charge >= 0.3 is 5.97 Å². The SMILES string of the molecule is COc1cc(NC(=O)c2cccs2)c(C(=O)OCC(=O)N2CCCC(C)C2)cc1OC. The number of nitrogens with one attached hydrogen (secondary N) is 1. The van der Waals surface area contributed by atoms with Gasteiger partial charge < -0.3 is 24.4 Å². The Morgan fingerprint density at radius 1 is 1.19 bits per heavy atom. The van der Waals surface area contributed by atoms with Gasteiger partial charge in [0.25, 0.3) is 11.8 Å². The highest BCUT2D eigenvalue weighted by Gasteiger charge is 2.24. The Balaban J connectivity index is 1.77. The molecule has 1 unspecified atom stereocenters. The predicted molar refractivity (Wildman–Crippen MR) is 117 cm³/mol. The molecule has 0 bridgehead atoms. The van der Waals surface area contributed by atoms with Crippen molar-refractivity contribution >= 4 is 34.8 Å². The summed E-state index contributed by atoms with van der Waals surface area (Å²) in [5.74, 6) is -0.253. The van der Waals surface area contributed by atoms with Gasteiger partial charge in [0.2, 0.25) is 0 Å². The summed E-state index contributed by atoms with van der Waals surface area (Å²) < 4.78 is 15.8. The Kier molecular flexibility index (Phi) is 7.51. The van der Waals surface area contributed by atoms with Crippen LogP contribution in [0.1, 0.15) is 39.8 Å². The van der Waals surface area contributed by atoms with Crippen molar-refractivity contribution in [3.8, 4) is 11.5 Å². The van der Waals surface area contributed by atoms with Crippen LogP contribution in [0.25, 0.3) is 0 Å². The average molecular weight is 447 g/mol. The molecule has 1 aliphatic heterocycles. The lowest BCUT2D eigenvalue weighted by atomic mass is 10.0. The minimum atomic E-state index is -0.735. The fourth-order valence-corrected chi connectivity index (χ4v) is 4.07. The number of carbonyl (C=O) groups is 3. The van der Waals surface area contributed by atoms with Crippen molar-refractivity contribution in [2.45, 2.75) is 19.8 Å². The lowest BCUT2D eigenvalue weighted by molar-refractivity contribution is -0.136. The van der Waals surface area contributed by atoms with E-state index in [9.17, 15) is 14.4 Å². The molecule has 3 rings (SSSR count). The summed E-state index contributed by atoms with van der Waals surface area (Å²) in [5, 5.41) is 4.50. The molecule has 2 heterocycles. The van der Waals surface area contributed by atoms with Gasteiger partial charge in [0, 0.05) is 25.2 Å². The third kappa shape index (κ3) is 5.55. The molecule has 1 saturated heterocycles. The number of anilines is 1. The molecule has 31 heavy (non-hydrogen) atoms. The molecular weight excluding hydrogens is 420 g/mol. The molecule has 1 atom stereocenters. The summed E-state index contributed by atoms with van der Waals surface area (Å²) in [5.41, 5.74) is 0.280. The highest BCUT2D eigenvalue weighted by Crippen LogP contribution is 2.34. The molecular formula is C22H26N2O6S. The molecule has 1 aromatic carbocycles. The number of benzene rings is 1. The van der Waals surface area contributed by atoms with Crippen molar-refractivity contribution in [3.63, 3.8) is 0 Å². The lowest BCUT2D eigenvalue weighted by Gasteiger charge is -2.30. The molecule has 2 amide bonds. The Bertz CT molecular complexity index is 944. The molecule has 9 heteroatoms. The summed E-state index contributed by atoms with van der Waals surface area (Å²) in [7, 11) is 2.90. The van der Waals surface area contributed by atoms with E-state index in [0.717, 1.165) is 12.8 Å². The second-order valence-electron chi connectivity index (χ2n) is 7.35. The number of methoxy groups -OCH3 is 2. The largest absolute Gasteiger partial charge is 0.493 e. The molecule has 1 aliphatic rings. The number of rotatable bonds is 7. The van der Waals surface area contributed by atoms with Gasteiger partial charge in [-0.1, -0.05) is 13.0 Å². The lowest BCUT2D eigenvalue weighted by Crippen LogP contribution is -2.41. The van der Waals surface area contributed by atoms with Gasteiger partial charge in [-0.25, -0.2) is 4.79 Å². The first-order valence-electron chi connectivity index (χ1n) is 9.98. The van der Waals surface area contributed by atoms with E-state index in [1.807, 2.05) is 0 Å². The van der Waals surface area contributed by atoms with Crippen LogP contribution in [0.5, 0.6) is 11.5 Å². The summed E-state index contributed by atoms with van der Waals surface area (Å²) in [6.07, 6.45) is 2.03. The third-order valence-corrected chi connectivity index (χ3v) is 5.94. The van der Waals surface area contributed by atoms with Crippen molar-refractivity contribution < 1.29 is 28.6 Å². The van der Waals surface area contributed by atoms with Crippen LogP contribution in [0.15, 0.2) is 29.6 Å². The second-order valence-corrected chi connectivity index (χ2v) is 8.30. The normalized spacial score (nSPS) is 15.8. The van der Waals surface area contributed by atoms with E-state index in [0.29, 0.717) is 35.4 Å². The molecule has 0 spiro atoms. The smallest absolute Gasteiger partial charge is 0.340 e. The van der Waals surface area contributed by atoms with Crippen molar-refractivity contribution in [2.24, 2.45) is 5.92 Å². The Labute approximate surface area is 185 Å². The number of hydrogen-bond acceptors (Lipinski definition) is 7. The standard InChI is InChI=1S/C22H26N2O6S/c1-14-6-4-8-24(12-14)20(25)13-30-22(27)15-10-17(28-2)18(29-3)11-16(15)23-21(26)19-7-5-9-31-19/h5,7,9-11,14H,4,6,8,12-13H2,1-3H3,(H,23,26). The zero-order valence-corrected chi connectivity index (χ0v) is 18.6. The van der Waals surface area contributed by atoms with Crippen LogP contribution < -0.4 is 14.8 Å². The Morgan fingerprint density at radius 3 is 2.58 bits per heavy atom. The number of thiophene rings is 1. The van der Waals surface area contributed by atoms with E-state index < -0.39 is 5.97 Å². The maximum Gasteiger partial charge on any atom is 0.340 e. The van der Waals surface area contributed by atoms with E-state index >= 15 is 0 Å². The van der Waals surface area contributed by atoms with E-state index in [4.69, 9.17) is 14.2 Å². The summed E-state index contributed by atoms with van der Waals surface area (Å²) in [4.78, 5) is 40.0. The van der Waals surface area contributed by atoms with Gasteiger partial charge in [-0.2, -0.15) is 0 Å². The monoisotopic (exact) mass is 446 g/mol. The summed E-state index contributed by atoms with van der Waals surface area (Å²) >= 11 is 1.28. The van der Waals surface area contributed by atoms with E-state index in [2.05, 4.69) is 12.2 Å². The fourth-order valence-electron chi connectivity index (χ4n) is 3.46. The van der Waals surface area contributed by atoms with Crippen LogP contribution in [-0.4, -0.2) is 56.6 Å². The van der Waals surface area contributed by atoms with Crippen LogP contribution in [0.2, 0.25) is 0 Å². The van der Waals surface area contributed by atoms with Crippen molar-refractivity contribution in [3.05, 3.63) is 40.1 Å². The summed E-state index contributed by atoms with van der Waals surface area (Å²) in [6.45, 7) is 3.06. The van der Waals surface area contributed by atoms with Gasteiger partial charge in [0.1, 0.15) is 0 Å². The molecule has 1 fully saturated rings. The number of piperidine rings is 1. The second kappa shape index (κ2) is 10.3. The first-order chi connectivity index (χ1) is 14.9. The quantitative estimate of drug-likeness (QED) is 0.655. The fraction of sp³-hybridized carbons (Fsp3) is 0.409. The number of nitrogens with zero attached hydrogens (tertiary/aromatic N) is 1. The number of amides is 2. The number of carbonyl (C=O) groups excluding carboxylic acids is 3.